The molecule has 6 heteroatoms. The highest BCUT2D eigenvalue weighted by molar-refractivity contribution is 5.84. The number of hydrogen-bond donors (Lipinski definition) is 0. The molecule has 0 radical (unpaired) electrons. The van der Waals surface area contributed by atoms with Crippen LogP contribution in [0.3, 0.4) is 0 Å². The van der Waals surface area contributed by atoms with E-state index in [0.717, 1.165) is 31.5 Å². The molecular weight excluding hydrogens is 314 g/mol. The van der Waals surface area contributed by atoms with Crippen molar-refractivity contribution in [1.29, 1.82) is 0 Å². The van der Waals surface area contributed by atoms with Gasteiger partial charge in [0.1, 0.15) is 0 Å². The summed E-state index contributed by atoms with van der Waals surface area (Å²) in [6.07, 6.45) is 9.33. The number of hydrogen-bond acceptors (Lipinski definition) is 3. The Kier molecular flexibility index (Phi) is 4.33. The molecule has 3 heterocycles. The van der Waals surface area contributed by atoms with E-state index in [4.69, 9.17) is 0 Å². The first-order chi connectivity index (χ1) is 12.3. The summed E-state index contributed by atoms with van der Waals surface area (Å²) >= 11 is 0. The van der Waals surface area contributed by atoms with Crippen molar-refractivity contribution in [2.45, 2.75) is 31.5 Å². The lowest BCUT2D eigenvalue weighted by Crippen LogP contribution is -2.42. The quantitative estimate of drug-likeness (QED) is 0.719. The van der Waals surface area contributed by atoms with E-state index >= 15 is 0 Å². The van der Waals surface area contributed by atoms with E-state index in [-0.39, 0.29) is 11.9 Å². The van der Waals surface area contributed by atoms with Crippen molar-refractivity contribution in [3.8, 4) is 0 Å². The predicted octanol–water partition coefficient (Wildman–Crippen LogP) is 2.36. The first-order valence-corrected chi connectivity index (χ1v) is 8.65. The van der Waals surface area contributed by atoms with E-state index in [1.165, 1.54) is 0 Å². The van der Waals surface area contributed by atoms with E-state index in [0.29, 0.717) is 0 Å². The lowest BCUT2D eigenvalue weighted by molar-refractivity contribution is -0.134. The number of benzene rings is 1. The van der Waals surface area contributed by atoms with E-state index < -0.39 is 6.04 Å². The van der Waals surface area contributed by atoms with Crippen LogP contribution < -0.4 is 0 Å². The van der Waals surface area contributed by atoms with E-state index in [1.807, 2.05) is 64.4 Å². The van der Waals surface area contributed by atoms with Gasteiger partial charge in [0, 0.05) is 31.3 Å². The minimum atomic E-state index is -0.422. The molecular formula is C19H21N5O. The summed E-state index contributed by atoms with van der Waals surface area (Å²) in [5.41, 5.74) is 0.959. The molecule has 1 amide bonds. The van der Waals surface area contributed by atoms with Crippen LogP contribution in [0.15, 0.2) is 67.3 Å². The van der Waals surface area contributed by atoms with Crippen LogP contribution in [0, 0.1) is 0 Å². The fourth-order valence-corrected chi connectivity index (χ4v) is 3.57. The smallest absolute Gasteiger partial charge is 0.252 e. The number of amides is 1. The third kappa shape index (κ3) is 3.20. The van der Waals surface area contributed by atoms with Crippen LogP contribution in [0.25, 0.3) is 0 Å². The zero-order chi connectivity index (χ0) is 17.1. The highest BCUT2D eigenvalue weighted by Gasteiger charge is 2.35. The molecule has 0 aliphatic carbocycles. The molecule has 2 atom stereocenters. The molecule has 1 aromatic carbocycles. The van der Waals surface area contributed by atoms with Crippen LogP contribution >= 0.6 is 0 Å². The molecule has 1 aliphatic rings. The first kappa shape index (κ1) is 15.6. The van der Waals surface area contributed by atoms with Gasteiger partial charge in [0.05, 0.1) is 12.6 Å². The highest BCUT2D eigenvalue weighted by Crippen LogP contribution is 2.26. The fraction of sp³-hybridized carbons (Fsp3) is 0.316. The van der Waals surface area contributed by atoms with Crippen LogP contribution in [0.5, 0.6) is 0 Å². The fourth-order valence-electron chi connectivity index (χ4n) is 3.57. The average molecular weight is 335 g/mol. The summed E-state index contributed by atoms with van der Waals surface area (Å²) < 4.78 is 3.66. The van der Waals surface area contributed by atoms with Crippen molar-refractivity contribution < 1.29 is 4.79 Å². The maximum absolute atomic E-state index is 13.4. The van der Waals surface area contributed by atoms with Gasteiger partial charge in [0.15, 0.2) is 6.04 Å². The summed E-state index contributed by atoms with van der Waals surface area (Å²) in [7, 11) is 0. The molecule has 0 unspecified atom stereocenters. The topological polar surface area (TPSA) is 56.0 Å². The van der Waals surface area contributed by atoms with Crippen LogP contribution in [-0.2, 0) is 11.3 Å². The van der Waals surface area contributed by atoms with E-state index in [1.54, 1.807) is 17.1 Å². The second-order valence-corrected chi connectivity index (χ2v) is 6.36. The Bertz CT molecular complexity index is 798. The third-order valence-electron chi connectivity index (χ3n) is 4.76. The predicted molar refractivity (Wildman–Crippen MR) is 93.8 cm³/mol. The Morgan fingerprint density at radius 3 is 2.60 bits per heavy atom. The molecule has 0 N–H and O–H groups in total. The van der Waals surface area contributed by atoms with Crippen molar-refractivity contribution >= 4 is 5.91 Å². The molecule has 1 aliphatic heterocycles. The molecule has 0 saturated carbocycles. The van der Waals surface area contributed by atoms with Crippen LogP contribution in [0.1, 0.15) is 24.4 Å². The second-order valence-electron chi connectivity index (χ2n) is 6.36. The molecule has 1 fully saturated rings. The summed E-state index contributed by atoms with van der Waals surface area (Å²) in [4.78, 5) is 15.4. The van der Waals surface area contributed by atoms with Crippen LogP contribution in [-0.4, -0.2) is 43.0 Å². The van der Waals surface area contributed by atoms with Gasteiger partial charge in [-0.1, -0.05) is 30.3 Å². The Labute approximate surface area is 146 Å². The number of rotatable bonds is 5. The van der Waals surface area contributed by atoms with Gasteiger partial charge in [-0.3, -0.25) is 14.2 Å². The summed E-state index contributed by atoms with van der Waals surface area (Å²) in [5, 5.41) is 8.63. The van der Waals surface area contributed by atoms with Crippen molar-refractivity contribution in [3.05, 3.63) is 72.8 Å². The largest absolute Gasteiger partial charge is 0.336 e. The second kappa shape index (κ2) is 6.93. The van der Waals surface area contributed by atoms with Gasteiger partial charge in [-0.25, -0.2) is 0 Å². The highest BCUT2D eigenvalue weighted by atomic mass is 16.2. The molecule has 6 nitrogen and oxygen atoms in total. The van der Waals surface area contributed by atoms with Gasteiger partial charge in [-0.05, 0) is 30.5 Å². The first-order valence-electron chi connectivity index (χ1n) is 8.65. The Morgan fingerprint density at radius 1 is 1.08 bits per heavy atom. The minimum Gasteiger partial charge on any atom is -0.336 e. The standard InChI is InChI=1S/C19H21N5O/c25-19(23-13-4-9-17(23)15-22-12-5-10-20-22)18(24-14-6-11-21-24)16-7-2-1-3-8-16/h1-3,5-8,10-12,14,17-18H,4,9,13,15H2/t17-,18-/m1/s1. The monoisotopic (exact) mass is 335 g/mol. The van der Waals surface area contributed by atoms with Crippen molar-refractivity contribution in [1.82, 2.24) is 24.5 Å². The summed E-state index contributed by atoms with van der Waals surface area (Å²) in [6.45, 7) is 1.52. The molecule has 128 valence electrons. The van der Waals surface area contributed by atoms with E-state index in [9.17, 15) is 4.79 Å². The van der Waals surface area contributed by atoms with Gasteiger partial charge in [-0.2, -0.15) is 10.2 Å². The normalized spacial score (nSPS) is 18.4. The maximum atomic E-state index is 13.4. The molecule has 0 bridgehead atoms. The van der Waals surface area contributed by atoms with Gasteiger partial charge >= 0.3 is 0 Å². The molecule has 3 aromatic rings. The molecule has 0 spiro atoms. The van der Waals surface area contributed by atoms with Gasteiger partial charge < -0.3 is 4.90 Å². The number of carbonyl (C=O) groups is 1. The zero-order valence-corrected chi connectivity index (χ0v) is 14.0. The minimum absolute atomic E-state index is 0.101. The Morgan fingerprint density at radius 2 is 1.88 bits per heavy atom. The van der Waals surface area contributed by atoms with Crippen LogP contribution in [0.2, 0.25) is 0 Å². The molecule has 4 rings (SSSR count). The zero-order valence-electron chi connectivity index (χ0n) is 14.0. The molecule has 2 aromatic heterocycles. The van der Waals surface area contributed by atoms with Gasteiger partial charge in [0.25, 0.3) is 5.91 Å². The summed E-state index contributed by atoms with van der Waals surface area (Å²) in [5.74, 6) is 0.101. The third-order valence-corrected chi connectivity index (χ3v) is 4.76. The van der Waals surface area contributed by atoms with Gasteiger partial charge in [0.2, 0.25) is 0 Å². The van der Waals surface area contributed by atoms with Gasteiger partial charge in [-0.15, -0.1) is 0 Å². The van der Waals surface area contributed by atoms with Crippen molar-refractivity contribution in [2.75, 3.05) is 6.54 Å². The SMILES string of the molecule is O=C([C@@H](c1ccccc1)n1cccn1)N1CCC[C@@H]1Cn1cccn1. The molecule has 25 heavy (non-hydrogen) atoms. The van der Waals surface area contributed by atoms with E-state index in [2.05, 4.69) is 10.2 Å². The number of nitrogens with zero attached hydrogens (tertiary/aromatic N) is 5. The van der Waals surface area contributed by atoms with Crippen molar-refractivity contribution in [3.63, 3.8) is 0 Å². The average Bonchev–Trinajstić information content (AvgIpc) is 3.39. The number of likely N-dealkylation sites (tertiary alicyclic amines) is 1. The summed E-state index contributed by atoms with van der Waals surface area (Å²) in [6, 6.07) is 13.4. The Balaban J connectivity index is 1.61. The van der Waals surface area contributed by atoms with Crippen LogP contribution in [0.4, 0.5) is 0 Å². The Hall–Kier alpha value is -2.89. The lowest BCUT2D eigenvalue weighted by atomic mass is 10.1. The molecule has 1 saturated heterocycles. The maximum Gasteiger partial charge on any atom is 0.252 e. The van der Waals surface area contributed by atoms with Crippen molar-refractivity contribution in [2.24, 2.45) is 0 Å². The number of aromatic nitrogens is 4. The lowest BCUT2D eigenvalue weighted by Gasteiger charge is -2.29. The number of carbonyl (C=O) groups excluding carboxylic acids is 1.